The lowest BCUT2D eigenvalue weighted by atomic mass is 9.98. The number of rotatable bonds is 5. The van der Waals surface area contributed by atoms with Crippen LogP contribution in [0.1, 0.15) is 17.3 Å². The monoisotopic (exact) mass is 354 g/mol. The van der Waals surface area contributed by atoms with Crippen LogP contribution < -0.4 is 5.32 Å². The maximum absolute atomic E-state index is 12.9. The summed E-state index contributed by atoms with van der Waals surface area (Å²) in [5, 5.41) is 4.01. The van der Waals surface area contributed by atoms with E-state index in [-0.39, 0.29) is 17.7 Å². The van der Waals surface area contributed by atoms with E-state index in [1.54, 1.807) is 6.20 Å². The Balaban J connectivity index is 1.62. The zero-order valence-corrected chi connectivity index (χ0v) is 15.6. The summed E-state index contributed by atoms with van der Waals surface area (Å²) in [6.45, 7) is 4.51. The van der Waals surface area contributed by atoms with Crippen LogP contribution >= 0.6 is 0 Å². The number of hydrogen-bond acceptors (Lipinski definition) is 4. The second-order valence-corrected chi connectivity index (χ2v) is 7.40. The number of aromatic nitrogens is 1. The van der Waals surface area contributed by atoms with Crippen LogP contribution in [0.2, 0.25) is 0 Å². The van der Waals surface area contributed by atoms with Gasteiger partial charge in [-0.1, -0.05) is 19.1 Å². The highest BCUT2D eigenvalue weighted by Gasteiger charge is 2.33. The molecule has 2 heterocycles. The van der Waals surface area contributed by atoms with Crippen LogP contribution in [-0.2, 0) is 4.79 Å². The molecule has 0 aliphatic carbocycles. The van der Waals surface area contributed by atoms with Gasteiger partial charge in [-0.25, -0.2) is 0 Å². The Bertz CT molecular complexity index is 805. The molecule has 6 heteroatoms. The highest BCUT2D eigenvalue weighted by atomic mass is 16.2. The van der Waals surface area contributed by atoms with Crippen LogP contribution in [0.4, 0.5) is 0 Å². The minimum Gasteiger partial charge on any atom is -0.355 e. The standard InChI is InChI=1S/C20H26N4O2/c1-14-11-24(12-17(14)10-22-19(25)13-23(2)3)20(26)16-7-6-15-5-4-8-21-18(15)9-16/h4-9,14,17H,10-13H2,1-3H3,(H,22,25)/t14-,17-/m1/s1. The molecule has 2 amide bonds. The molecule has 1 aliphatic rings. The van der Waals surface area contributed by atoms with Crippen molar-refractivity contribution in [2.24, 2.45) is 11.8 Å². The van der Waals surface area contributed by atoms with Crippen molar-refractivity contribution in [3.05, 3.63) is 42.1 Å². The number of fused-ring (bicyclic) bond motifs is 1. The van der Waals surface area contributed by atoms with Crippen molar-refractivity contribution in [2.45, 2.75) is 6.92 Å². The lowest BCUT2D eigenvalue weighted by molar-refractivity contribution is -0.121. The van der Waals surface area contributed by atoms with E-state index >= 15 is 0 Å². The van der Waals surface area contributed by atoms with Crippen molar-refractivity contribution >= 4 is 22.7 Å². The Hall–Kier alpha value is -2.47. The summed E-state index contributed by atoms with van der Waals surface area (Å²) in [6.07, 6.45) is 1.74. The van der Waals surface area contributed by atoms with E-state index in [2.05, 4.69) is 17.2 Å². The van der Waals surface area contributed by atoms with E-state index in [1.807, 2.05) is 54.2 Å². The number of carbonyl (C=O) groups is 2. The molecule has 0 unspecified atom stereocenters. The van der Waals surface area contributed by atoms with Gasteiger partial charge in [-0.3, -0.25) is 14.6 Å². The second kappa shape index (κ2) is 7.83. The number of amides is 2. The summed E-state index contributed by atoms with van der Waals surface area (Å²) in [7, 11) is 3.74. The first-order valence-corrected chi connectivity index (χ1v) is 8.99. The first-order valence-electron chi connectivity index (χ1n) is 8.99. The number of nitrogens with one attached hydrogen (secondary N) is 1. The van der Waals surface area contributed by atoms with Crippen molar-refractivity contribution < 1.29 is 9.59 Å². The normalized spacial score (nSPS) is 19.9. The summed E-state index contributed by atoms with van der Waals surface area (Å²) in [5.41, 5.74) is 1.50. The van der Waals surface area contributed by atoms with Crippen molar-refractivity contribution in [1.29, 1.82) is 0 Å². The van der Waals surface area contributed by atoms with Gasteiger partial charge in [0.1, 0.15) is 0 Å². The van der Waals surface area contributed by atoms with Gasteiger partial charge in [-0.05, 0) is 44.1 Å². The molecule has 0 radical (unpaired) electrons. The summed E-state index contributed by atoms with van der Waals surface area (Å²) in [4.78, 5) is 32.8. The molecular formula is C20H26N4O2. The van der Waals surface area contributed by atoms with Crippen molar-refractivity contribution in [1.82, 2.24) is 20.1 Å². The molecule has 1 aromatic carbocycles. The second-order valence-electron chi connectivity index (χ2n) is 7.40. The fourth-order valence-electron chi connectivity index (χ4n) is 3.44. The van der Waals surface area contributed by atoms with Gasteiger partial charge in [0.05, 0.1) is 12.1 Å². The molecule has 1 aromatic heterocycles. The van der Waals surface area contributed by atoms with Gasteiger partial charge in [0.15, 0.2) is 0 Å². The van der Waals surface area contributed by atoms with E-state index in [0.29, 0.717) is 37.7 Å². The van der Waals surface area contributed by atoms with Crippen LogP contribution in [0.3, 0.4) is 0 Å². The van der Waals surface area contributed by atoms with Gasteiger partial charge < -0.3 is 15.1 Å². The number of hydrogen-bond donors (Lipinski definition) is 1. The average Bonchev–Trinajstić information content (AvgIpc) is 2.99. The molecule has 1 fully saturated rings. The van der Waals surface area contributed by atoms with Gasteiger partial charge >= 0.3 is 0 Å². The summed E-state index contributed by atoms with van der Waals surface area (Å²) >= 11 is 0. The molecule has 0 spiro atoms. The Morgan fingerprint density at radius 1 is 1.27 bits per heavy atom. The maximum atomic E-state index is 12.9. The fourth-order valence-corrected chi connectivity index (χ4v) is 3.44. The number of carbonyl (C=O) groups excluding carboxylic acids is 2. The lowest BCUT2D eigenvalue weighted by Gasteiger charge is -2.17. The zero-order valence-electron chi connectivity index (χ0n) is 15.6. The fraction of sp³-hybridized carbons (Fsp3) is 0.450. The summed E-state index contributed by atoms with van der Waals surface area (Å²) < 4.78 is 0. The number of benzene rings is 1. The number of likely N-dealkylation sites (tertiary alicyclic amines) is 1. The van der Waals surface area contributed by atoms with Gasteiger partial charge in [0.25, 0.3) is 5.91 Å². The molecule has 138 valence electrons. The van der Waals surface area contributed by atoms with E-state index in [1.165, 1.54) is 0 Å². The van der Waals surface area contributed by atoms with Crippen molar-refractivity contribution in [3.8, 4) is 0 Å². The Kier molecular flexibility index (Phi) is 5.52. The largest absolute Gasteiger partial charge is 0.355 e. The van der Waals surface area contributed by atoms with Crippen LogP contribution in [0, 0.1) is 11.8 Å². The van der Waals surface area contributed by atoms with E-state index in [4.69, 9.17) is 0 Å². The molecule has 1 saturated heterocycles. The highest BCUT2D eigenvalue weighted by Crippen LogP contribution is 2.25. The van der Waals surface area contributed by atoms with Gasteiger partial charge in [-0.15, -0.1) is 0 Å². The minimum absolute atomic E-state index is 0.0209. The molecular weight excluding hydrogens is 328 g/mol. The van der Waals surface area contributed by atoms with Crippen LogP contribution in [0.15, 0.2) is 36.5 Å². The Morgan fingerprint density at radius 2 is 2.08 bits per heavy atom. The molecule has 2 atom stereocenters. The molecule has 0 bridgehead atoms. The van der Waals surface area contributed by atoms with Gasteiger partial charge in [0.2, 0.25) is 5.91 Å². The maximum Gasteiger partial charge on any atom is 0.253 e. The topological polar surface area (TPSA) is 65.5 Å². The predicted octanol–water partition coefficient (Wildman–Crippen LogP) is 1.62. The summed E-state index contributed by atoms with van der Waals surface area (Å²) in [6, 6.07) is 9.54. The van der Waals surface area contributed by atoms with E-state index < -0.39 is 0 Å². The van der Waals surface area contributed by atoms with E-state index in [9.17, 15) is 9.59 Å². The third kappa shape index (κ3) is 4.19. The molecule has 1 aliphatic heterocycles. The van der Waals surface area contributed by atoms with Gasteiger partial charge in [-0.2, -0.15) is 0 Å². The predicted molar refractivity (Wildman–Crippen MR) is 102 cm³/mol. The molecule has 0 saturated carbocycles. The zero-order chi connectivity index (χ0) is 18.7. The third-order valence-electron chi connectivity index (χ3n) is 4.93. The number of nitrogens with zero attached hydrogens (tertiary/aromatic N) is 3. The molecule has 1 N–H and O–H groups in total. The van der Waals surface area contributed by atoms with Crippen molar-refractivity contribution in [3.63, 3.8) is 0 Å². The number of likely N-dealkylation sites (N-methyl/N-ethyl adjacent to an activating group) is 1. The Labute approximate surface area is 154 Å². The van der Waals surface area contributed by atoms with Crippen LogP contribution in [0.5, 0.6) is 0 Å². The molecule has 6 nitrogen and oxygen atoms in total. The summed E-state index contributed by atoms with van der Waals surface area (Å²) in [5.74, 6) is 0.694. The highest BCUT2D eigenvalue weighted by molar-refractivity contribution is 5.97. The van der Waals surface area contributed by atoms with Crippen LogP contribution in [0.25, 0.3) is 10.9 Å². The first kappa shape index (κ1) is 18.3. The van der Waals surface area contributed by atoms with Crippen molar-refractivity contribution in [2.75, 3.05) is 40.3 Å². The number of pyridine rings is 1. The quantitative estimate of drug-likeness (QED) is 0.886. The average molecular weight is 354 g/mol. The minimum atomic E-state index is 0.0209. The molecule has 3 rings (SSSR count). The Morgan fingerprint density at radius 3 is 2.85 bits per heavy atom. The first-order chi connectivity index (χ1) is 12.4. The van der Waals surface area contributed by atoms with E-state index in [0.717, 1.165) is 10.9 Å². The SMILES string of the molecule is C[C@@H]1CN(C(=O)c2ccc3cccnc3c2)C[C@H]1CNC(=O)CN(C)C. The lowest BCUT2D eigenvalue weighted by Crippen LogP contribution is -2.38. The third-order valence-corrected chi connectivity index (χ3v) is 4.93. The van der Waals surface area contributed by atoms with Gasteiger partial charge in [0, 0.05) is 36.8 Å². The molecule has 2 aromatic rings. The van der Waals surface area contributed by atoms with Crippen LogP contribution in [-0.4, -0.2) is 66.9 Å². The smallest absolute Gasteiger partial charge is 0.253 e. The molecule has 26 heavy (non-hydrogen) atoms.